The molecule has 66 valence electrons. The van der Waals surface area contributed by atoms with Crippen molar-refractivity contribution in [1.29, 1.82) is 0 Å². The Morgan fingerprint density at radius 2 is 2.09 bits per heavy atom. The Morgan fingerprint density at radius 3 is 2.45 bits per heavy atom. The lowest BCUT2D eigenvalue weighted by molar-refractivity contribution is 0.0895. The fourth-order valence-corrected chi connectivity index (χ4v) is 1.68. The molecule has 3 atom stereocenters. The first-order valence-corrected chi connectivity index (χ1v) is 4.52. The molecule has 2 nitrogen and oxygen atoms in total. The fraction of sp³-hybridized carbons (Fsp3) is 1.00. The molecular formula is C9H19NO. The van der Waals surface area contributed by atoms with Crippen LogP contribution in [0.4, 0.5) is 0 Å². The van der Waals surface area contributed by atoms with Gasteiger partial charge in [-0.15, -0.1) is 0 Å². The third-order valence-electron chi connectivity index (χ3n) is 2.48. The van der Waals surface area contributed by atoms with Crippen LogP contribution in [0, 0.1) is 11.8 Å². The minimum Gasteiger partial charge on any atom is -0.391 e. The maximum absolute atomic E-state index is 9.68. The van der Waals surface area contributed by atoms with Gasteiger partial charge in [0.05, 0.1) is 6.10 Å². The minimum atomic E-state index is -0.167. The predicted molar refractivity (Wildman–Crippen MR) is 46.4 cm³/mol. The second-order valence-electron chi connectivity index (χ2n) is 4.09. The Balaban J connectivity index is 2.36. The molecule has 1 saturated heterocycles. The summed E-state index contributed by atoms with van der Waals surface area (Å²) in [6.45, 7) is 7.42. The summed E-state index contributed by atoms with van der Waals surface area (Å²) in [6, 6.07) is 0.338. The van der Waals surface area contributed by atoms with E-state index in [1.165, 1.54) is 0 Å². The normalized spacial score (nSPS) is 34.6. The van der Waals surface area contributed by atoms with Gasteiger partial charge in [0.15, 0.2) is 0 Å². The molecule has 1 aliphatic rings. The summed E-state index contributed by atoms with van der Waals surface area (Å²) in [5.74, 6) is 1.10. The lowest BCUT2D eigenvalue weighted by Gasteiger charge is -2.21. The largest absolute Gasteiger partial charge is 0.391 e. The van der Waals surface area contributed by atoms with Gasteiger partial charge in [-0.25, -0.2) is 0 Å². The molecule has 0 aromatic rings. The van der Waals surface area contributed by atoms with Crippen molar-refractivity contribution in [3.05, 3.63) is 0 Å². The second kappa shape index (κ2) is 3.55. The Bertz CT molecular complexity index is 125. The van der Waals surface area contributed by atoms with Gasteiger partial charge < -0.3 is 10.4 Å². The van der Waals surface area contributed by atoms with E-state index >= 15 is 0 Å². The van der Waals surface area contributed by atoms with Crippen LogP contribution in [0.15, 0.2) is 0 Å². The van der Waals surface area contributed by atoms with Gasteiger partial charge in [-0.3, -0.25) is 0 Å². The Labute approximate surface area is 69.0 Å². The molecule has 2 N–H and O–H groups in total. The van der Waals surface area contributed by atoms with E-state index in [2.05, 4.69) is 26.1 Å². The van der Waals surface area contributed by atoms with Gasteiger partial charge in [-0.05, 0) is 24.8 Å². The van der Waals surface area contributed by atoms with Crippen LogP contribution in [-0.4, -0.2) is 23.8 Å². The van der Waals surface area contributed by atoms with Gasteiger partial charge in [0.2, 0.25) is 0 Å². The van der Waals surface area contributed by atoms with E-state index in [0.29, 0.717) is 12.0 Å². The summed E-state index contributed by atoms with van der Waals surface area (Å²) >= 11 is 0. The van der Waals surface area contributed by atoms with Crippen molar-refractivity contribution in [3.8, 4) is 0 Å². The van der Waals surface area contributed by atoms with Crippen LogP contribution in [0.3, 0.4) is 0 Å². The third kappa shape index (κ3) is 2.17. The van der Waals surface area contributed by atoms with Gasteiger partial charge in [0.1, 0.15) is 0 Å². The smallest absolute Gasteiger partial charge is 0.0716 e. The fourth-order valence-electron chi connectivity index (χ4n) is 1.68. The molecule has 0 spiro atoms. The molecule has 0 amide bonds. The monoisotopic (exact) mass is 157 g/mol. The number of hydrogen-bond acceptors (Lipinski definition) is 2. The molecule has 1 rings (SSSR count). The van der Waals surface area contributed by atoms with E-state index in [0.717, 1.165) is 18.9 Å². The maximum atomic E-state index is 9.68. The van der Waals surface area contributed by atoms with Crippen molar-refractivity contribution in [3.63, 3.8) is 0 Å². The van der Waals surface area contributed by atoms with Crippen molar-refractivity contribution < 1.29 is 5.11 Å². The molecule has 1 aliphatic heterocycles. The molecule has 0 saturated carbocycles. The number of aliphatic hydroxyl groups excluding tert-OH is 1. The molecule has 0 aliphatic carbocycles. The first-order chi connectivity index (χ1) is 5.11. The van der Waals surface area contributed by atoms with Crippen molar-refractivity contribution in [1.82, 2.24) is 5.32 Å². The van der Waals surface area contributed by atoms with E-state index < -0.39 is 0 Å². The molecule has 2 heteroatoms. The molecule has 0 aromatic heterocycles. The Kier molecular flexibility index (Phi) is 2.90. The Morgan fingerprint density at radius 1 is 1.45 bits per heavy atom. The number of hydrogen-bond donors (Lipinski definition) is 2. The van der Waals surface area contributed by atoms with Gasteiger partial charge in [-0.1, -0.05) is 20.8 Å². The number of rotatable bonds is 2. The molecule has 1 heterocycles. The highest BCUT2D eigenvalue weighted by atomic mass is 16.3. The van der Waals surface area contributed by atoms with Crippen LogP contribution in [0.5, 0.6) is 0 Å². The molecule has 0 radical (unpaired) electrons. The summed E-state index contributed by atoms with van der Waals surface area (Å²) in [6.07, 6.45) is 0.958. The van der Waals surface area contributed by atoms with Crippen molar-refractivity contribution in [2.75, 3.05) is 6.54 Å². The van der Waals surface area contributed by atoms with Crippen LogP contribution in [0.25, 0.3) is 0 Å². The molecule has 0 bridgehead atoms. The molecule has 1 fully saturated rings. The highest BCUT2D eigenvalue weighted by Crippen LogP contribution is 2.19. The van der Waals surface area contributed by atoms with Crippen LogP contribution >= 0.6 is 0 Å². The first kappa shape index (κ1) is 9.01. The lowest BCUT2D eigenvalue weighted by Crippen LogP contribution is -2.37. The topological polar surface area (TPSA) is 32.3 Å². The molecule has 0 aromatic carbocycles. The highest BCUT2D eigenvalue weighted by Gasteiger charge is 2.28. The Hall–Kier alpha value is -0.0800. The lowest BCUT2D eigenvalue weighted by atomic mass is 9.96. The zero-order valence-electron chi connectivity index (χ0n) is 7.67. The predicted octanol–water partition coefficient (Wildman–Crippen LogP) is 1.00. The van der Waals surface area contributed by atoms with Gasteiger partial charge in [-0.2, -0.15) is 0 Å². The standard InChI is InChI=1S/C9H19NO/c1-6(2)9(11)8-4-7(3)5-10-8/h6-11H,4-5H2,1-3H3/t7-,8-,9+/m1/s1. The quantitative estimate of drug-likeness (QED) is 0.627. The van der Waals surface area contributed by atoms with E-state index in [-0.39, 0.29) is 6.10 Å². The summed E-state index contributed by atoms with van der Waals surface area (Å²) in [4.78, 5) is 0. The number of nitrogens with one attached hydrogen (secondary N) is 1. The van der Waals surface area contributed by atoms with Gasteiger partial charge in [0.25, 0.3) is 0 Å². The number of aliphatic hydroxyl groups is 1. The van der Waals surface area contributed by atoms with Crippen molar-refractivity contribution >= 4 is 0 Å². The van der Waals surface area contributed by atoms with Crippen molar-refractivity contribution in [2.24, 2.45) is 11.8 Å². The van der Waals surface area contributed by atoms with E-state index in [1.807, 2.05) is 0 Å². The highest BCUT2D eigenvalue weighted by molar-refractivity contribution is 4.85. The van der Waals surface area contributed by atoms with Crippen LogP contribution in [0.2, 0.25) is 0 Å². The first-order valence-electron chi connectivity index (χ1n) is 4.52. The zero-order valence-corrected chi connectivity index (χ0v) is 7.67. The van der Waals surface area contributed by atoms with Gasteiger partial charge >= 0.3 is 0 Å². The molecule has 0 unspecified atom stereocenters. The molecule has 11 heavy (non-hydrogen) atoms. The van der Waals surface area contributed by atoms with Gasteiger partial charge in [0, 0.05) is 6.04 Å². The third-order valence-corrected chi connectivity index (χ3v) is 2.48. The van der Waals surface area contributed by atoms with Crippen LogP contribution < -0.4 is 5.32 Å². The van der Waals surface area contributed by atoms with E-state index in [1.54, 1.807) is 0 Å². The minimum absolute atomic E-state index is 0.167. The average molecular weight is 157 g/mol. The molecular weight excluding hydrogens is 138 g/mol. The van der Waals surface area contributed by atoms with Crippen LogP contribution in [0.1, 0.15) is 27.2 Å². The second-order valence-corrected chi connectivity index (χ2v) is 4.09. The zero-order chi connectivity index (χ0) is 8.43. The summed E-state index contributed by atoms with van der Waals surface area (Å²) in [5, 5.41) is 13.0. The van der Waals surface area contributed by atoms with E-state index in [4.69, 9.17) is 0 Å². The van der Waals surface area contributed by atoms with Crippen molar-refractivity contribution in [2.45, 2.75) is 39.3 Å². The summed E-state index contributed by atoms with van der Waals surface area (Å²) < 4.78 is 0. The maximum Gasteiger partial charge on any atom is 0.0716 e. The SMILES string of the molecule is CC(C)[C@H](O)[C@H]1C[C@@H](C)CN1. The average Bonchev–Trinajstić information content (AvgIpc) is 2.34. The van der Waals surface area contributed by atoms with E-state index in [9.17, 15) is 5.11 Å². The summed E-state index contributed by atoms with van der Waals surface area (Å²) in [7, 11) is 0. The summed E-state index contributed by atoms with van der Waals surface area (Å²) in [5.41, 5.74) is 0. The van der Waals surface area contributed by atoms with Crippen LogP contribution in [-0.2, 0) is 0 Å².